The lowest BCUT2D eigenvalue weighted by molar-refractivity contribution is -0.149. The predicted molar refractivity (Wildman–Crippen MR) is 92.3 cm³/mol. The van der Waals surface area contributed by atoms with Gasteiger partial charge in [-0.1, -0.05) is 29.9 Å². The smallest absolute Gasteiger partial charge is 0.314 e. The van der Waals surface area contributed by atoms with E-state index in [1.54, 1.807) is 0 Å². The lowest BCUT2D eigenvalue weighted by Crippen LogP contribution is -2.39. The molecule has 1 aliphatic carbocycles. The molecular weight excluding hydrogens is 304 g/mol. The molecule has 2 saturated heterocycles. The first kappa shape index (κ1) is 17.4. The van der Waals surface area contributed by atoms with Crippen LogP contribution < -0.4 is 0 Å². The van der Waals surface area contributed by atoms with E-state index < -0.39 is 5.60 Å². The number of cyclic esters (lactones) is 1. The number of carbonyl (C=O) groups excluding carboxylic acids is 1. The monoisotopic (exact) mass is 332 g/mol. The third-order valence-electron chi connectivity index (χ3n) is 5.78. The van der Waals surface area contributed by atoms with Crippen LogP contribution in [0, 0.1) is 11.8 Å². The molecule has 0 spiro atoms. The molecule has 2 aliphatic heterocycles. The molecule has 1 saturated carbocycles. The molecule has 0 aromatic heterocycles. The second-order valence-electron chi connectivity index (χ2n) is 7.88. The number of ether oxygens (including phenoxy) is 2. The van der Waals surface area contributed by atoms with Crippen LogP contribution in [-0.4, -0.2) is 35.0 Å². The second-order valence-corrected chi connectivity index (χ2v) is 7.88. The van der Waals surface area contributed by atoms with Gasteiger partial charge in [-0.15, -0.1) is 0 Å². The number of fused-ring (bicyclic) bond motifs is 2. The van der Waals surface area contributed by atoms with E-state index in [4.69, 9.17) is 9.47 Å². The van der Waals surface area contributed by atoms with Crippen molar-refractivity contribution in [3.8, 4) is 0 Å². The second kappa shape index (κ2) is 6.16. The highest BCUT2D eigenvalue weighted by Gasteiger charge is 2.58. The highest BCUT2D eigenvalue weighted by atomic mass is 16.6. The summed E-state index contributed by atoms with van der Waals surface area (Å²) < 4.78 is 11.6. The summed E-state index contributed by atoms with van der Waals surface area (Å²) >= 11 is 0. The molecule has 0 aromatic carbocycles. The van der Waals surface area contributed by atoms with Crippen molar-refractivity contribution in [3.05, 3.63) is 36.0 Å². The van der Waals surface area contributed by atoms with E-state index in [9.17, 15) is 9.90 Å². The van der Waals surface area contributed by atoms with Gasteiger partial charge in [-0.3, -0.25) is 4.79 Å². The number of rotatable bonds is 3. The first-order valence-electron chi connectivity index (χ1n) is 8.83. The average Bonchev–Trinajstić information content (AvgIpc) is 3.06. The average molecular weight is 332 g/mol. The first-order chi connectivity index (χ1) is 11.3. The molecule has 0 bridgehead atoms. The first-order valence-corrected chi connectivity index (χ1v) is 8.83. The molecule has 4 heteroatoms. The minimum Gasteiger partial charge on any atom is -0.452 e. The van der Waals surface area contributed by atoms with Crippen LogP contribution in [0.25, 0.3) is 0 Å². The van der Waals surface area contributed by atoms with Gasteiger partial charge in [-0.2, -0.15) is 0 Å². The third-order valence-corrected chi connectivity index (χ3v) is 5.78. The van der Waals surface area contributed by atoms with E-state index in [1.807, 2.05) is 32.1 Å². The maximum Gasteiger partial charge on any atom is 0.314 e. The van der Waals surface area contributed by atoms with Crippen LogP contribution in [0.3, 0.4) is 0 Å². The van der Waals surface area contributed by atoms with Crippen molar-refractivity contribution in [1.82, 2.24) is 0 Å². The molecule has 2 heterocycles. The van der Waals surface area contributed by atoms with Gasteiger partial charge in [-0.25, -0.2) is 0 Å². The normalized spacial score (nSPS) is 41.8. The van der Waals surface area contributed by atoms with E-state index in [1.165, 1.54) is 0 Å². The fourth-order valence-electron chi connectivity index (χ4n) is 4.19. The summed E-state index contributed by atoms with van der Waals surface area (Å²) in [6, 6.07) is 0. The Morgan fingerprint density at radius 1 is 1.42 bits per heavy atom. The summed E-state index contributed by atoms with van der Waals surface area (Å²) in [5, 5.41) is 10.1. The largest absolute Gasteiger partial charge is 0.452 e. The maximum absolute atomic E-state index is 12.6. The van der Waals surface area contributed by atoms with E-state index in [0.717, 1.165) is 36.8 Å². The van der Waals surface area contributed by atoms with E-state index in [0.29, 0.717) is 0 Å². The third kappa shape index (κ3) is 2.98. The molecule has 4 nitrogen and oxygen atoms in total. The van der Waals surface area contributed by atoms with Gasteiger partial charge in [0.05, 0.1) is 24.2 Å². The topological polar surface area (TPSA) is 59.1 Å². The van der Waals surface area contributed by atoms with Gasteiger partial charge in [0.15, 0.2) is 5.60 Å². The Kier molecular flexibility index (Phi) is 4.47. The SMILES string of the molecule is C=C1CC[C@@H]2O[C@@]2(C)CC[C@H]2[C@H]1C(=O)OC2(/C=C/C=C(C)C)CO. The standard InChI is InChI=1S/C20H28O4/c1-13(2)6-5-10-20(12-21)15-9-11-19(4)16(23-19)8-7-14(3)17(15)18(22)24-20/h5-6,10,15-17,21H,3,7-9,11-12H2,1-2,4H3/b10-5+/t15-,16-,17-,19-,20?/m0/s1. The van der Waals surface area contributed by atoms with E-state index >= 15 is 0 Å². The Labute approximate surface area is 144 Å². The summed E-state index contributed by atoms with van der Waals surface area (Å²) in [5.74, 6) is -0.666. The molecule has 24 heavy (non-hydrogen) atoms. The molecular formula is C20H28O4. The molecule has 3 aliphatic rings. The van der Waals surface area contributed by atoms with Crippen molar-refractivity contribution in [2.75, 3.05) is 6.61 Å². The summed E-state index contributed by atoms with van der Waals surface area (Å²) in [7, 11) is 0. The van der Waals surface area contributed by atoms with Gasteiger partial charge in [0.2, 0.25) is 0 Å². The molecule has 0 amide bonds. The zero-order valence-electron chi connectivity index (χ0n) is 14.9. The zero-order chi connectivity index (χ0) is 17.5. The highest BCUT2D eigenvalue weighted by Crippen LogP contribution is 2.52. The number of aliphatic hydroxyl groups excluding tert-OH is 1. The van der Waals surface area contributed by atoms with Crippen molar-refractivity contribution < 1.29 is 19.4 Å². The summed E-state index contributed by atoms with van der Waals surface area (Å²) in [6.07, 6.45) is 9.30. The van der Waals surface area contributed by atoms with Crippen molar-refractivity contribution in [2.45, 2.75) is 63.8 Å². The molecule has 3 fully saturated rings. The van der Waals surface area contributed by atoms with Crippen LogP contribution in [0.2, 0.25) is 0 Å². The van der Waals surface area contributed by atoms with Crippen LogP contribution in [0.1, 0.15) is 46.5 Å². The number of hydrogen-bond donors (Lipinski definition) is 1. The van der Waals surface area contributed by atoms with Crippen LogP contribution in [0.5, 0.6) is 0 Å². The lowest BCUT2D eigenvalue weighted by Gasteiger charge is -2.31. The Morgan fingerprint density at radius 2 is 2.17 bits per heavy atom. The Morgan fingerprint density at radius 3 is 2.83 bits per heavy atom. The highest BCUT2D eigenvalue weighted by molar-refractivity contribution is 5.79. The Hall–Kier alpha value is -1.39. The van der Waals surface area contributed by atoms with E-state index in [-0.39, 0.29) is 36.1 Å². The zero-order valence-corrected chi connectivity index (χ0v) is 14.9. The summed E-state index contributed by atoms with van der Waals surface area (Å²) in [6.45, 7) is 10.1. The van der Waals surface area contributed by atoms with Crippen molar-refractivity contribution >= 4 is 5.97 Å². The Bertz CT molecular complexity index is 601. The maximum atomic E-state index is 12.6. The molecule has 0 radical (unpaired) electrons. The Balaban J connectivity index is 1.92. The predicted octanol–water partition coefficient (Wildman–Crippen LogP) is 3.32. The summed E-state index contributed by atoms with van der Waals surface area (Å²) in [5.41, 5.74) is 1.02. The molecule has 1 unspecified atom stereocenters. The molecule has 3 rings (SSSR count). The van der Waals surface area contributed by atoms with Crippen LogP contribution in [0.15, 0.2) is 36.0 Å². The van der Waals surface area contributed by atoms with Crippen LogP contribution in [-0.2, 0) is 14.3 Å². The minimum atomic E-state index is -0.957. The number of aliphatic hydroxyl groups is 1. The van der Waals surface area contributed by atoms with Gasteiger partial charge in [0, 0.05) is 5.92 Å². The summed E-state index contributed by atoms with van der Waals surface area (Å²) in [4.78, 5) is 12.6. The molecule has 1 N–H and O–H groups in total. The van der Waals surface area contributed by atoms with Gasteiger partial charge in [0.1, 0.15) is 0 Å². The minimum absolute atomic E-state index is 0.0916. The van der Waals surface area contributed by atoms with Gasteiger partial charge in [0.25, 0.3) is 0 Å². The van der Waals surface area contributed by atoms with Crippen molar-refractivity contribution in [2.24, 2.45) is 11.8 Å². The van der Waals surface area contributed by atoms with Gasteiger partial charge in [-0.05, 0) is 52.5 Å². The van der Waals surface area contributed by atoms with Crippen molar-refractivity contribution in [1.29, 1.82) is 0 Å². The van der Waals surface area contributed by atoms with Crippen LogP contribution >= 0.6 is 0 Å². The molecule has 132 valence electrons. The number of hydrogen-bond acceptors (Lipinski definition) is 4. The van der Waals surface area contributed by atoms with E-state index in [2.05, 4.69) is 13.5 Å². The molecule has 0 aromatic rings. The number of allylic oxidation sites excluding steroid dienone is 3. The van der Waals surface area contributed by atoms with Crippen molar-refractivity contribution in [3.63, 3.8) is 0 Å². The number of epoxide rings is 1. The van der Waals surface area contributed by atoms with Gasteiger partial charge >= 0.3 is 5.97 Å². The van der Waals surface area contributed by atoms with Crippen LogP contribution in [0.4, 0.5) is 0 Å². The fraction of sp³-hybridized carbons (Fsp3) is 0.650. The lowest BCUT2D eigenvalue weighted by atomic mass is 9.74. The van der Waals surface area contributed by atoms with Gasteiger partial charge < -0.3 is 14.6 Å². The fourth-order valence-corrected chi connectivity index (χ4v) is 4.19. The molecule has 5 atom stereocenters. The number of esters is 1. The quantitative estimate of drug-likeness (QED) is 0.373. The number of carbonyl (C=O) groups is 1.